The van der Waals surface area contributed by atoms with E-state index in [2.05, 4.69) is 4.99 Å². The molecule has 21 heavy (non-hydrogen) atoms. The zero-order valence-electron chi connectivity index (χ0n) is 11.0. The molecule has 3 rings (SSSR count). The maximum absolute atomic E-state index is 12.2. The molecule has 1 heterocycles. The first-order chi connectivity index (χ1) is 10.1. The summed E-state index contributed by atoms with van der Waals surface area (Å²) in [6.45, 7) is 0. The average Bonchev–Trinajstić information content (AvgIpc) is 2.77. The molecule has 0 saturated heterocycles. The van der Waals surface area contributed by atoms with Gasteiger partial charge in [-0.15, -0.1) is 0 Å². The number of fused-ring (bicyclic) bond motifs is 1. The minimum Gasteiger partial charge on any atom is -0.318 e. The standard InChI is InChI=1S/C15H10Cl2N2OS/c1-19-13-11(17)3-2-4-12(13)21-15(19)18-14(20)9-5-7-10(16)8-6-9/h2-8H,1H3. The highest BCUT2D eigenvalue weighted by molar-refractivity contribution is 7.16. The van der Waals surface area contributed by atoms with Crippen LogP contribution >= 0.6 is 34.5 Å². The molecule has 0 aliphatic carbocycles. The van der Waals surface area contributed by atoms with E-state index in [-0.39, 0.29) is 5.91 Å². The van der Waals surface area contributed by atoms with Gasteiger partial charge in [-0.2, -0.15) is 4.99 Å². The van der Waals surface area contributed by atoms with Crippen LogP contribution in [-0.4, -0.2) is 10.5 Å². The van der Waals surface area contributed by atoms with Gasteiger partial charge in [0.15, 0.2) is 4.80 Å². The van der Waals surface area contributed by atoms with Gasteiger partial charge in [-0.25, -0.2) is 0 Å². The van der Waals surface area contributed by atoms with Crippen molar-refractivity contribution in [2.75, 3.05) is 0 Å². The number of hydrogen-bond acceptors (Lipinski definition) is 2. The molecule has 0 fully saturated rings. The van der Waals surface area contributed by atoms with Crippen molar-refractivity contribution in [1.29, 1.82) is 0 Å². The number of aryl methyl sites for hydroxylation is 1. The Bertz CT molecular complexity index is 894. The second-order valence-corrected chi connectivity index (χ2v) is 6.31. The average molecular weight is 337 g/mol. The van der Waals surface area contributed by atoms with Crippen LogP contribution in [0.25, 0.3) is 10.2 Å². The van der Waals surface area contributed by atoms with Crippen molar-refractivity contribution in [1.82, 2.24) is 4.57 Å². The van der Waals surface area contributed by atoms with Crippen LogP contribution in [0.5, 0.6) is 0 Å². The number of hydrogen-bond donors (Lipinski definition) is 0. The summed E-state index contributed by atoms with van der Waals surface area (Å²) >= 11 is 13.4. The molecule has 1 amide bonds. The van der Waals surface area contributed by atoms with Gasteiger partial charge in [0, 0.05) is 17.6 Å². The molecule has 0 radical (unpaired) electrons. The third kappa shape index (κ3) is 2.75. The molecule has 0 saturated carbocycles. The van der Waals surface area contributed by atoms with Crippen molar-refractivity contribution in [2.24, 2.45) is 12.0 Å². The first-order valence-electron chi connectivity index (χ1n) is 6.15. The second kappa shape index (κ2) is 5.64. The largest absolute Gasteiger partial charge is 0.318 e. The SMILES string of the molecule is Cn1c(=NC(=O)c2ccc(Cl)cc2)sc2cccc(Cl)c21. The third-order valence-corrected chi connectivity index (χ3v) is 4.72. The number of benzene rings is 2. The Morgan fingerprint density at radius 3 is 2.52 bits per heavy atom. The highest BCUT2D eigenvalue weighted by atomic mass is 35.5. The molecular weight excluding hydrogens is 327 g/mol. The van der Waals surface area contributed by atoms with Crippen LogP contribution in [0.2, 0.25) is 10.0 Å². The van der Waals surface area contributed by atoms with E-state index in [1.807, 2.05) is 29.8 Å². The topological polar surface area (TPSA) is 34.4 Å². The first-order valence-corrected chi connectivity index (χ1v) is 7.72. The maximum atomic E-state index is 12.2. The zero-order chi connectivity index (χ0) is 15.0. The number of carbonyl (C=O) groups excluding carboxylic acids is 1. The molecule has 1 aromatic heterocycles. The monoisotopic (exact) mass is 336 g/mol. The molecule has 3 nitrogen and oxygen atoms in total. The Labute approximate surface area is 135 Å². The van der Waals surface area contributed by atoms with Crippen molar-refractivity contribution in [3.8, 4) is 0 Å². The van der Waals surface area contributed by atoms with Gasteiger partial charge in [-0.1, -0.05) is 40.6 Å². The summed E-state index contributed by atoms with van der Waals surface area (Å²) < 4.78 is 2.82. The highest BCUT2D eigenvalue weighted by Gasteiger charge is 2.09. The summed E-state index contributed by atoms with van der Waals surface area (Å²) in [5.74, 6) is -0.301. The van der Waals surface area contributed by atoms with Crippen molar-refractivity contribution < 1.29 is 4.79 Å². The minimum absolute atomic E-state index is 0.301. The fourth-order valence-corrected chi connectivity index (χ4v) is 3.53. The number of amides is 1. The smallest absolute Gasteiger partial charge is 0.279 e. The van der Waals surface area contributed by atoms with Crippen LogP contribution in [-0.2, 0) is 7.05 Å². The van der Waals surface area contributed by atoms with Crippen LogP contribution in [0.15, 0.2) is 47.5 Å². The van der Waals surface area contributed by atoms with Crippen LogP contribution in [0.4, 0.5) is 0 Å². The van der Waals surface area contributed by atoms with E-state index in [1.165, 1.54) is 11.3 Å². The van der Waals surface area contributed by atoms with Crippen LogP contribution in [0.3, 0.4) is 0 Å². The summed E-state index contributed by atoms with van der Waals surface area (Å²) in [4.78, 5) is 17.0. The lowest BCUT2D eigenvalue weighted by molar-refractivity contribution is 0.0998. The van der Waals surface area contributed by atoms with Crippen LogP contribution < -0.4 is 4.80 Å². The molecule has 0 aliphatic rings. The van der Waals surface area contributed by atoms with Crippen molar-refractivity contribution in [3.05, 3.63) is 62.9 Å². The Hall–Kier alpha value is -1.62. The number of halogens is 2. The lowest BCUT2D eigenvalue weighted by atomic mass is 10.2. The third-order valence-electron chi connectivity index (χ3n) is 3.06. The molecular formula is C15H10Cl2N2OS. The normalized spacial score (nSPS) is 12.0. The fourth-order valence-electron chi connectivity index (χ4n) is 2.01. The Morgan fingerprint density at radius 1 is 1.14 bits per heavy atom. The number of nitrogens with zero attached hydrogens (tertiary/aromatic N) is 2. The van der Waals surface area contributed by atoms with Gasteiger partial charge in [0.05, 0.1) is 15.2 Å². The highest BCUT2D eigenvalue weighted by Crippen LogP contribution is 2.24. The number of para-hydroxylation sites is 1. The van der Waals surface area contributed by atoms with Crippen LogP contribution in [0, 0.1) is 0 Å². The summed E-state index contributed by atoms with van der Waals surface area (Å²) in [5, 5.41) is 1.23. The van der Waals surface area contributed by atoms with Crippen molar-refractivity contribution in [3.63, 3.8) is 0 Å². The van der Waals surface area contributed by atoms with Gasteiger partial charge in [-0.05, 0) is 36.4 Å². The predicted molar refractivity (Wildman–Crippen MR) is 87.2 cm³/mol. The zero-order valence-corrected chi connectivity index (χ0v) is 13.3. The molecule has 6 heteroatoms. The lowest BCUT2D eigenvalue weighted by Crippen LogP contribution is -2.13. The molecule has 0 spiro atoms. The predicted octanol–water partition coefficient (Wildman–Crippen LogP) is 4.29. The van der Waals surface area contributed by atoms with E-state index < -0.39 is 0 Å². The molecule has 0 bridgehead atoms. The van der Waals surface area contributed by atoms with Gasteiger partial charge in [0.25, 0.3) is 5.91 Å². The van der Waals surface area contributed by atoms with Gasteiger partial charge in [0.2, 0.25) is 0 Å². The van der Waals surface area contributed by atoms with E-state index in [9.17, 15) is 4.79 Å². The van der Waals surface area contributed by atoms with Crippen LogP contribution in [0.1, 0.15) is 10.4 Å². The van der Waals surface area contributed by atoms with E-state index in [1.54, 1.807) is 24.3 Å². The Balaban J connectivity index is 2.11. The number of thiazole rings is 1. The lowest BCUT2D eigenvalue weighted by Gasteiger charge is -1.98. The Morgan fingerprint density at radius 2 is 1.86 bits per heavy atom. The maximum Gasteiger partial charge on any atom is 0.279 e. The molecule has 0 N–H and O–H groups in total. The van der Waals surface area contributed by atoms with Gasteiger partial charge >= 0.3 is 0 Å². The van der Waals surface area contributed by atoms with Gasteiger partial charge in [-0.3, -0.25) is 4.79 Å². The van der Waals surface area contributed by atoms with Crippen molar-refractivity contribution >= 4 is 50.7 Å². The first kappa shape index (κ1) is 14.3. The minimum atomic E-state index is -0.301. The van der Waals surface area contributed by atoms with Crippen molar-refractivity contribution in [2.45, 2.75) is 0 Å². The van der Waals surface area contributed by atoms with E-state index >= 15 is 0 Å². The fraction of sp³-hybridized carbons (Fsp3) is 0.0667. The molecule has 0 aliphatic heterocycles. The summed E-state index contributed by atoms with van der Waals surface area (Å²) in [7, 11) is 1.85. The summed E-state index contributed by atoms with van der Waals surface area (Å²) in [5.41, 5.74) is 1.38. The summed E-state index contributed by atoms with van der Waals surface area (Å²) in [6.07, 6.45) is 0. The van der Waals surface area contributed by atoms with E-state index in [4.69, 9.17) is 23.2 Å². The number of rotatable bonds is 1. The molecule has 2 aromatic carbocycles. The number of carbonyl (C=O) groups is 1. The van der Waals surface area contributed by atoms with E-state index in [0.717, 1.165) is 10.2 Å². The second-order valence-electron chi connectivity index (χ2n) is 4.45. The molecule has 0 unspecified atom stereocenters. The van der Waals surface area contributed by atoms with Gasteiger partial charge in [0.1, 0.15) is 0 Å². The van der Waals surface area contributed by atoms with E-state index in [0.29, 0.717) is 20.4 Å². The molecule has 3 aromatic rings. The number of aromatic nitrogens is 1. The Kier molecular flexibility index (Phi) is 3.85. The molecule has 0 atom stereocenters. The quantitative estimate of drug-likeness (QED) is 0.652. The molecule has 106 valence electrons. The summed E-state index contributed by atoms with van der Waals surface area (Å²) in [6, 6.07) is 12.3. The van der Waals surface area contributed by atoms with Gasteiger partial charge < -0.3 is 4.57 Å².